The number of carbonyl (C=O) groups excluding carboxylic acids is 1. The third kappa shape index (κ3) is 1.62. The van der Waals surface area contributed by atoms with Gasteiger partial charge in [-0.25, -0.2) is 0 Å². The lowest BCUT2D eigenvalue weighted by Crippen LogP contribution is -2.42. The zero-order valence-electron chi connectivity index (χ0n) is 10.5. The second kappa shape index (κ2) is 3.99. The van der Waals surface area contributed by atoms with Crippen molar-refractivity contribution in [2.45, 2.75) is 19.3 Å². The van der Waals surface area contributed by atoms with E-state index in [9.17, 15) is 4.79 Å². The number of hydrogen-bond donors (Lipinski definition) is 0. The molecule has 1 saturated heterocycles. The Balaban J connectivity index is 1.68. The van der Waals surface area contributed by atoms with Gasteiger partial charge < -0.3 is 13.9 Å². The van der Waals surface area contributed by atoms with E-state index in [4.69, 9.17) is 4.42 Å². The van der Waals surface area contributed by atoms with Crippen LogP contribution in [0.15, 0.2) is 41.1 Å². The molecule has 0 saturated carbocycles. The summed E-state index contributed by atoms with van der Waals surface area (Å²) in [7, 11) is 0. The lowest BCUT2D eigenvalue weighted by atomic mass is 10.2. The fourth-order valence-electron chi connectivity index (χ4n) is 3.10. The Morgan fingerprint density at radius 3 is 3.05 bits per heavy atom. The smallest absolute Gasteiger partial charge is 0.244 e. The van der Waals surface area contributed by atoms with Crippen LogP contribution in [0.2, 0.25) is 0 Å². The number of furan rings is 1. The second-order valence-electron chi connectivity index (χ2n) is 5.07. The Labute approximate surface area is 111 Å². The van der Waals surface area contributed by atoms with Gasteiger partial charge in [-0.05, 0) is 24.3 Å². The van der Waals surface area contributed by atoms with Crippen LogP contribution in [0, 0.1) is 0 Å². The standard InChI is InChI=1S/C14H15N3O2/c18-13-10-15-5-1-4-12(15)14-16(6-7-17(13)14)9-11-3-2-8-19-11/h1-5,8,14H,6-7,9-10H2. The third-order valence-electron chi connectivity index (χ3n) is 3.96. The molecule has 0 aromatic carbocycles. The summed E-state index contributed by atoms with van der Waals surface area (Å²) < 4.78 is 7.47. The summed E-state index contributed by atoms with van der Waals surface area (Å²) in [5.41, 5.74) is 1.20. The first kappa shape index (κ1) is 10.9. The molecule has 0 N–H and O–H groups in total. The molecule has 0 aliphatic carbocycles. The highest BCUT2D eigenvalue weighted by Crippen LogP contribution is 2.34. The van der Waals surface area contributed by atoms with E-state index in [0.29, 0.717) is 6.54 Å². The number of nitrogens with zero attached hydrogens (tertiary/aromatic N) is 3. The molecule has 1 unspecified atom stereocenters. The summed E-state index contributed by atoms with van der Waals surface area (Å²) in [6.45, 7) is 2.90. The first-order valence-corrected chi connectivity index (χ1v) is 6.54. The van der Waals surface area contributed by atoms with E-state index >= 15 is 0 Å². The van der Waals surface area contributed by atoms with Gasteiger partial charge in [0.15, 0.2) is 0 Å². The zero-order valence-corrected chi connectivity index (χ0v) is 10.5. The van der Waals surface area contributed by atoms with Gasteiger partial charge in [0.1, 0.15) is 18.5 Å². The Bertz CT molecular complexity index is 602. The van der Waals surface area contributed by atoms with Crippen molar-refractivity contribution >= 4 is 5.91 Å². The molecule has 1 amide bonds. The molecule has 1 fully saturated rings. The van der Waals surface area contributed by atoms with Crippen LogP contribution >= 0.6 is 0 Å². The number of aromatic nitrogens is 1. The van der Waals surface area contributed by atoms with Crippen molar-refractivity contribution in [3.63, 3.8) is 0 Å². The first-order chi connectivity index (χ1) is 9.33. The molecular weight excluding hydrogens is 242 g/mol. The molecule has 98 valence electrons. The highest BCUT2D eigenvalue weighted by atomic mass is 16.3. The van der Waals surface area contributed by atoms with Crippen LogP contribution in [0.4, 0.5) is 0 Å². The van der Waals surface area contributed by atoms with Crippen molar-refractivity contribution in [1.29, 1.82) is 0 Å². The third-order valence-corrected chi connectivity index (χ3v) is 3.96. The van der Waals surface area contributed by atoms with Gasteiger partial charge in [0, 0.05) is 19.3 Å². The van der Waals surface area contributed by atoms with E-state index in [0.717, 1.165) is 25.4 Å². The van der Waals surface area contributed by atoms with E-state index in [1.165, 1.54) is 5.69 Å². The summed E-state index contributed by atoms with van der Waals surface area (Å²) in [5, 5.41) is 0. The summed E-state index contributed by atoms with van der Waals surface area (Å²) in [4.78, 5) is 16.4. The van der Waals surface area contributed by atoms with E-state index in [1.54, 1.807) is 6.26 Å². The van der Waals surface area contributed by atoms with Crippen molar-refractivity contribution in [2.24, 2.45) is 0 Å². The molecule has 2 aliphatic rings. The Hall–Kier alpha value is -2.01. The molecule has 19 heavy (non-hydrogen) atoms. The number of fused-ring (bicyclic) bond motifs is 3. The summed E-state index contributed by atoms with van der Waals surface area (Å²) in [6, 6.07) is 7.99. The lowest BCUT2D eigenvalue weighted by molar-refractivity contribution is -0.136. The number of carbonyl (C=O) groups is 1. The predicted molar refractivity (Wildman–Crippen MR) is 68.0 cm³/mol. The minimum Gasteiger partial charge on any atom is -0.468 e. The minimum absolute atomic E-state index is 0.0568. The fourth-order valence-corrected chi connectivity index (χ4v) is 3.10. The molecular formula is C14H15N3O2. The second-order valence-corrected chi connectivity index (χ2v) is 5.07. The summed E-state index contributed by atoms with van der Waals surface area (Å²) >= 11 is 0. The van der Waals surface area contributed by atoms with Crippen molar-refractivity contribution in [2.75, 3.05) is 13.1 Å². The SMILES string of the molecule is O=C1Cn2cccc2C2N(Cc3ccco3)CCN12. The zero-order chi connectivity index (χ0) is 12.8. The molecule has 5 heteroatoms. The summed E-state index contributed by atoms with van der Waals surface area (Å²) in [6.07, 6.45) is 3.73. The molecule has 2 aromatic rings. The Kier molecular flexibility index (Phi) is 2.29. The average Bonchev–Trinajstić information content (AvgIpc) is 3.09. The maximum atomic E-state index is 12.1. The van der Waals surface area contributed by atoms with Gasteiger partial charge in [0.25, 0.3) is 0 Å². The monoisotopic (exact) mass is 257 g/mol. The van der Waals surface area contributed by atoms with Crippen molar-refractivity contribution < 1.29 is 9.21 Å². The van der Waals surface area contributed by atoms with Gasteiger partial charge in [-0.1, -0.05) is 0 Å². The maximum Gasteiger partial charge on any atom is 0.244 e. The maximum absolute atomic E-state index is 12.1. The van der Waals surface area contributed by atoms with Crippen LogP contribution in [0.5, 0.6) is 0 Å². The van der Waals surface area contributed by atoms with Gasteiger partial charge in [-0.15, -0.1) is 0 Å². The molecule has 4 rings (SSSR count). The lowest BCUT2D eigenvalue weighted by Gasteiger charge is -2.34. The number of rotatable bonds is 2. The van der Waals surface area contributed by atoms with Crippen molar-refractivity contribution in [3.8, 4) is 0 Å². The minimum atomic E-state index is 0.0568. The predicted octanol–water partition coefficient (Wildman–Crippen LogP) is 1.44. The Morgan fingerprint density at radius 2 is 2.21 bits per heavy atom. The molecule has 0 radical (unpaired) electrons. The topological polar surface area (TPSA) is 41.6 Å². The van der Waals surface area contributed by atoms with E-state index in [-0.39, 0.29) is 12.1 Å². The highest BCUT2D eigenvalue weighted by molar-refractivity contribution is 5.78. The fraction of sp³-hybridized carbons (Fsp3) is 0.357. The van der Waals surface area contributed by atoms with E-state index in [2.05, 4.69) is 11.0 Å². The first-order valence-electron chi connectivity index (χ1n) is 6.54. The van der Waals surface area contributed by atoms with Crippen LogP contribution in [-0.2, 0) is 17.9 Å². The molecule has 2 aromatic heterocycles. The quantitative estimate of drug-likeness (QED) is 0.817. The van der Waals surface area contributed by atoms with Gasteiger partial charge in [-0.3, -0.25) is 9.69 Å². The van der Waals surface area contributed by atoms with Crippen LogP contribution in [0.3, 0.4) is 0 Å². The van der Waals surface area contributed by atoms with Crippen LogP contribution < -0.4 is 0 Å². The normalized spacial score (nSPS) is 22.6. The number of amides is 1. The van der Waals surface area contributed by atoms with E-state index in [1.807, 2.05) is 33.9 Å². The molecule has 1 atom stereocenters. The molecule has 2 aliphatic heterocycles. The average molecular weight is 257 g/mol. The van der Waals surface area contributed by atoms with Crippen molar-refractivity contribution in [1.82, 2.24) is 14.4 Å². The van der Waals surface area contributed by atoms with Gasteiger partial charge in [0.2, 0.25) is 5.91 Å². The molecule has 5 nitrogen and oxygen atoms in total. The molecule has 4 heterocycles. The van der Waals surface area contributed by atoms with Crippen LogP contribution in [0.1, 0.15) is 17.6 Å². The van der Waals surface area contributed by atoms with Crippen LogP contribution in [-0.4, -0.2) is 33.4 Å². The largest absolute Gasteiger partial charge is 0.468 e. The van der Waals surface area contributed by atoms with Gasteiger partial charge in [-0.2, -0.15) is 0 Å². The van der Waals surface area contributed by atoms with Gasteiger partial charge in [0.05, 0.1) is 18.5 Å². The summed E-state index contributed by atoms with van der Waals surface area (Å²) in [5.74, 6) is 1.15. The number of hydrogen-bond acceptors (Lipinski definition) is 3. The van der Waals surface area contributed by atoms with Crippen molar-refractivity contribution in [3.05, 3.63) is 48.2 Å². The van der Waals surface area contributed by atoms with Gasteiger partial charge >= 0.3 is 0 Å². The Morgan fingerprint density at radius 1 is 1.26 bits per heavy atom. The van der Waals surface area contributed by atoms with Crippen LogP contribution in [0.25, 0.3) is 0 Å². The molecule has 0 spiro atoms. The molecule has 0 bridgehead atoms. The highest BCUT2D eigenvalue weighted by Gasteiger charge is 2.40. The van der Waals surface area contributed by atoms with E-state index < -0.39 is 0 Å².